The van der Waals surface area contributed by atoms with E-state index in [1.807, 2.05) is 18.2 Å². The first kappa shape index (κ1) is 17.1. The van der Waals surface area contributed by atoms with Crippen LogP contribution in [-0.2, 0) is 13.0 Å². The highest BCUT2D eigenvalue weighted by molar-refractivity contribution is 5.93. The molecule has 7 heteroatoms. The number of hydrogen-bond donors (Lipinski definition) is 1. The molecule has 0 fully saturated rings. The number of halogens is 2. The van der Waals surface area contributed by atoms with Gasteiger partial charge in [-0.15, -0.1) is 0 Å². The number of fused-ring (bicyclic) bond motifs is 1. The number of benzene rings is 2. The number of aromatic nitrogens is 2. The first-order valence-electron chi connectivity index (χ1n) is 8.50. The van der Waals surface area contributed by atoms with E-state index < -0.39 is 11.6 Å². The van der Waals surface area contributed by atoms with Crippen molar-refractivity contribution in [1.82, 2.24) is 14.9 Å². The summed E-state index contributed by atoms with van der Waals surface area (Å²) in [5.74, 6) is -1.43. The van der Waals surface area contributed by atoms with Crippen LogP contribution in [0.4, 0.5) is 20.4 Å². The van der Waals surface area contributed by atoms with Crippen LogP contribution in [0, 0.1) is 11.6 Å². The summed E-state index contributed by atoms with van der Waals surface area (Å²) in [5.41, 5.74) is 2.82. The maximum absolute atomic E-state index is 13.7. The molecule has 0 unspecified atom stereocenters. The summed E-state index contributed by atoms with van der Waals surface area (Å²) < 4.78 is 26.6. The summed E-state index contributed by atoms with van der Waals surface area (Å²) in [6, 6.07) is 11.2. The normalized spacial score (nSPS) is 13.2. The molecule has 1 aromatic heterocycles. The van der Waals surface area contributed by atoms with Crippen molar-refractivity contribution in [2.45, 2.75) is 13.0 Å². The molecule has 0 saturated carbocycles. The Morgan fingerprint density at radius 3 is 2.52 bits per heavy atom. The number of anilines is 2. The van der Waals surface area contributed by atoms with Gasteiger partial charge in [0.15, 0.2) is 0 Å². The zero-order chi connectivity index (χ0) is 18.8. The van der Waals surface area contributed by atoms with E-state index in [2.05, 4.69) is 21.4 Å². The number of carbonyl (C=O) groups excluding carboxylic acids is 1. The van der Waals surface area contributed by atoms with E-state index in [-0.39, 0.29) is 17.5 Å². The molecule has 0 radical (unpaired) electrons. The SMILES string of the molecule is O=C(c1cnc(Nc2ccc(F)cc2F)nc1)N1CCc2ccccc2C1. The molecule has 27 heavy (non-hydrogen) atoms. The van der Waals surface area contributed by atoms with Crippen molar-refractivity contribution in [3.8, 4) is 0 Å². The summed E-state index contributed by atoms with van der Waals surface area (Å²) in [7, 11) is 0. The molecule has 1 N–H and O–H groups in total. The fraction of sp³-hybridized carbons (Fsp3) is 0.150. The van der Waals surface area contributed by atoms with E-state index >= 15 is 0 Å². The van der Waals surface area contributed by atoms with Gasteiger partial charge in [0.1, 0.15) is 11.6 Å². The second-order valence-electron chi connectivity index (χ2n) is 6.29. The number of amides is 1. The zero-order valence-corrected chi connectivity index (χ0v) is 14.3. The fourth-order valence-electron chi connectivity index (χ4n) is 3.07. The van der Waals surface area contributed by atoms with Crippen molar-refractivity contribution < 1.29 is 13.6 Å². The maximum Gasteiger partial charge on any atom is 0.257 e. The van der Waals surface area contributed by atoms with Crippen molar-refractivity contribution in [3.05, 3.63) is 83.2 Å². The van der Waals surface area contributed by atoms with E-state index in [1.165, 1.54) is 24.0 Å². The van der Waals surface area contributed by atoms with Gasteiger partial charge in [0.25, 0.3) is 5.91 Å². The Hall–Kier alpha value is -3.35. The van der Waals surface area contributed by atoms with Crippen molar-refractivity contribution in [1.29, 1.82) is 0 Å². The van der Waals surface area contributed by atoms with Crippen molar-refractivity contribution in [2.75, 3.05) is 11.9 Å². The maximum atomic E-state index is 13.7. The molecule has 2 aromatic carbocycles. The highest BCUT2D eigenvalue weighted by atomic mass is 19.1. The lowest BCUT2D eigenvalue weighted by Crippen LogP contribution is -2.36. The molecule has 0 saturated heterocycles. The lowest BCUT2D eigenvalue weighted by atomic mass is 9.99. The van der Waals surface area contributed by atoms with E-state index in [0.29, 0.717) is 18.7 Å². The first-order chi connectivity index (χ1) is 13.1. The second-order valence-corrected chi connectivity index (χ2v) is 6.29. The van der Waals surface area contributed by atoms with Crippen LogP contribution in [0.1, 0.15) is 21.5 Å². The average Bonchev–Trinajstić information content (AvgIpc) is 2.70. The summed E-state index contributed by atoms with van der Waals surface area (Å²) in [6.45, 7) is 1.19. The van der Waals surface area contributed by atoms with Crippen LogP contribution >= 0.6 is 0 Å². The van der Waals surface area contributed by atoms with Gasteiger partial charge in [-0.25, -0.2) is 18.7 Å². The standard InChI is InChI=1S/C20H16F2N4O/c21-16-5-6-18(17(22)9-16)25-20-23-10-15(11-24-20)19(27)26-8-7-13-3-1-2-4-14(13)12-26/h1-6,9-11H,7-8,12H2,(H,23,24,25). The van der Waals surface area contributed by atoms with E-state index in [1.54, 1.807) is 4.90 Å². The molecular weight excluding hydrogens is 350 g/mol. The Morgan fingerprint density at radius 1 is 1.04 bits per heavy atom. The number of hydrogen-bond acceptors (Lipinski definition) is 4. The molecule has 3 aromatic rings. The summed E-state index contributed by atoms with van der Waals surface area (Å²) >= 11 is 0. The van der Waals surface area contributed by atoms with Gasteiger partial charge in [-0.05, 0) is 29.7 Å². The molecule has 2 heterocycles. The van der Waals surface area contributed by atoms with E-state index in [4.69, 9.17) is 0 Å². The molecule has 4 rings (SSSR count). The highest BCUT2D eigenvalue weighted by Crippen LogP contribution is 2.21. The van der Waals surface area contributed by atoms with Crippen LogP contribution < -0.4 is 5.32 Å². The third kappa shape index (κ3) is 3.62. The number of carbonyl (C=O) groups is 1. The predicted octanol–water partition coefficient (Wildman–Crippen LogP) is 3.70. The molecule has 0 bridgehead atoms. The van der Waals surface area contributed by atoms with Gasteiger partial charge in [-0.1, -0.05) is 24.3 Å². The Labute approximate surface area is 154 Å². The zero-order valence-electron chi connectivity index (χ0n) is 14.3. The minimum absolute atomic E-state index is 0.0584. The van der Waals surface area contributed by atoms with Crippen LogP contribution in [0.15, 0.2) is 54.9 Å². The summed E-state index contributed by atoms with van der Waals surface area (Å²) in [5, 5.41) is 2.67. The largest absolute Gasteiger partial charge is 0.334 e. The van der Waals surface area contributed by atoms with Gasteiger partial charge in [0.2, 0.25) is 5.95 Å². The van der Waals surface area contributed by atoms with E-state index in [9.17, 15) is 13.6 Å². The lowest BCUT2D eigenvalue weighted by molar-refractivity contribution is 0.0734. The molecule has 0 aliphatic carbocycles. The quantitative estimate of drug-likeness (QED) is 0.768. The monoisotopic (exact) mass is 366 g/mol. The number of rotatable bonds is 3. The van der Waals surface area contributed by atoms with Crippen LogP contribution in [-0.4, -0.2) is 27.3 Å². The smallest absolute Gasteiger partial charge is 0.257 e. The van der Waals surface area contributed by atoms with Crippen molar-refractivity contribution in [2.24, 2.45) is 0 Å². The summed E-state index contributed by atoms with van der Waals surface area (Å²) in [4.78, 5) is 22.6. The molecule has 0 spiro atoms. The number of nitrogens with one attached hydrogen (secondary N) is 1. The Balaban J connectivity index is 1.47. The van der Waals surface area contributed by atoms with Gasteiger partial charge >= 0.3 is 0 Å². The minimum Gasteiger partial charge on any atom is -0.334 e. The topological polar surface area (TPSA) is 58.1 Å². The van der Waals surface area contributed by atoms with Gasteiger partial charge in [-0.3, -0.25) is 4.79 Å². The lowest BCUT2D eigenvalue weighted by Gasteiger charge is -2.28. The van der Waals surface area contributed by atoms with E-state index in [0.717, 1.165) is 24.1 Å². The molecule has 1 amide bonds. The third-order valence-electron chi connectivity index (χ3n) is 4.49. The second kappa shape index (κ2) is 7.11. The van der Waals surface area contributed by atoms with Gasteiger partial charge in [0.05, 0.1) is 11.3 Å². The Bertz CT molecular complexity index is 992. The molecule has 1 aliphatic heterocycles. The number of nitrogens with zero attached hydrogens (tertiary/aromatic N) is 3. The summed E-state index contributed by atoms with van der Waals surface area (Å²) in [6.07, 6.45) is 3.62. The predicted molar refractivity (Wildman–Crippen MR) is 96.6 cm³/mol. The van der Waals surface area contributed by atoms with Gasteiger partial charge < -0.3 is 10.2 Å². The fourth-order valence-corrected chi connectivity index (χ4v) is 3.07. The Morgan fingerprint density at radius 2 is 1.78 bits per heavy atom. The first-order valence-corrected chi connectivity index (χ1v) is 8.50. The molecular formula is C20H16F2N4O. The average molecular weight is 366 g/mol. The molecule has 1 aliphatic rings. The van der Waals surface area contributed by atoms with Crippen LogP contribution in [0.25, 0.3) is 0 Å². The van der Waals surface area contributed by atoms with Gasteiger partial charge in [-0.2, -0.15) is 0 Å². The van der Waals surface area contributed by atoms with Crippen molar-refractivity contribution >= 4 is 17.5 Å². The van der Waals surface area contributed by atoms with Crippen LogP contribution in [0.5, 0.6) is 0 Å². The molecule has 136 valence electrons. The minimum atomic E-state index is -0.745. The van der Waals surface area contributed by atoms with Crippen molar-refractivity contribution in [3.63, 3.8) is 0 Å². The third-order valence-corrected chi connectivity index (χ3v) is 4.49. The van der Waals surface area contributed by atoms with Crippen LogP contribution in [0.2, 0.25) is 0 Å². The van der Waals surface area contributed by atoms with Crippen LogP contribution in [0.3, 0.4) is 0 Å². The highest BCUT2D eigenvalue weighted by Gasteiger charge is 2.22. The van der Waals surface area contributed by atoms with Gasteiger partial charge in [0, 0.05) is 31.5 Å². The Kier molecular flexibility index (Phi) is 4.50. The molecule has 5 nitrogen and oxygen atoms in total. The molecule has 0 atom stereocenters.